The Kier molecular flexibility index (Phi) is 8.96. The Morgan fingerprint density at radius 3 is 1.55 bits per heavy atom. The number of cyclic esters (lactones) is 1. The largest absolute Gasteiger partial charge is 0.587 e. The molecule has 214 valence electrons. The van der Waals surface area contributed by atoms with Crippen LogP contribution in [0.25, 0.3) is 0 Å². The van der Waals surface area contributed by atoms with Gasteiger partial charge in [0.05, 0.1) is 11.1 Å². The van der Waals surface area contributed by atoms with Gasteiger partial charge in [-0.05, 0) is 48.5 Å². The number of benzene rings is 4. The highest BCUT2D eigenvalue weighted by Crippen LogP contribution is 2.50. The number of carbonyl (C=O) groups is 3. The Hall–Kier alpha value is -4.92. The van der Waals surface area contributed by atoms with E-state index in [0.29, 0.717) is 0 Å². The van der Waals surface area contributed by atoms with Crippen molar-refractivity contribution in [1.29, 1.82) is 0 Å². The lowest BCUT2D eigenvalue weighted by Gasteiger charge is -2.23. The van der Waals surface area contributed by atoms with E-state index < -0.39 is 50.6 Å². The molecular formula is C31H25O10P. The van der Waals surface area contributed by atoms with E-state index in [-0.39, 0.29) is 22.6 Å². The molecule has 0 amide bonds. The number of carbonyl (C=O) groups excluding carboxylic acids is 3. The van der Waals surface area contributed by atoms with E-state index in [1.165, 1.54) is 24.3 Å². The topological polar surface area (TPSA) is 124 Å². The fraction of sp³-hybridized carbons (Fsp3) is 0.129. The first kappa shape index (κ1) is 28.6. The SMILES string of the molecule is O=C(O[C@@H]1[C@@H](COP(=O)(Oc2ccccc2)Oc2ccccc2)OC(=O)[C@@H]1OC(=O)c1ccccc1)c1ccccc1. The van der Waals surface area contributed by atoms with E-state index in [9.17, 15) is 18.9 Å². The van der Waals surface area contributed by atoms with Gasteiger partial charge in [0.25, 0.3) is 0 Å². The van der Waals surface area contributed by atoms with Gasteiger partial charge in [-0.25, -0.2) is 18.9 Å². The van der Waals surface area contributed by atoms with Crippen LogP contribution in [0, 0.1) is 0 Å². The van der Waals surface area contributed by atoms with Crippen molar-refractivity contribution in [2.75, 3.05) is 6.61 Å². The highest BCUT2D eigenvalue weighted by atomic mass is 31.2. The Balaban J connectivity index is 1.38. The summed E-state index contributed by atoms with van der Waals surface area (Å²) in [6.07, 6.45) is -4.39. The quantitative estimate of drug-likeness (QED) is 0.123. The molecule has 0 unspecified atom stereocenters. The van der Waals surface area contributed by atoms with Crippen LogP contribution in [-0.4, -0.2) is 42.8 Å². The summed E-state index contributed by atoms with van der Waals surface area (Å²) in [6.45, 7) is -0.588. The minimum absolute atomic E-state index is 0.176. The molecule has 4 aromatic rings. The summed E-state index contributed by atoms with van der Waals surface area (Å²) in [7, 11) is -4.39. The van der Waals surface area contributed by atoms with Crippen molar-refractivity contribution in [2.24, 2.45) is 0 Å². The van der Waals surface area contributed by atoms with Crippen molar-refractivity contribution in [3.8, 4) is 11.5 Å². The normalized spacial score (nSPS) is 18.0. The molecule has 5 rings (SSSR count). The highest BCUT2D eigenvalue weighted by Gasteiger charge is 2.51. The zero-order valence-corrected chi connectivity index (χ0v) is 22.9. The average Bonchev–Trinajstić information content (AvgIpc) is 3.31. The second-order valence-corrected chi connectivity index (χ2v) is 10.5. The van der Waals surface area contributed by atoms with E-state index in [1.807, 2.05) is 0 Å². The third-order valence-corrected chi connectivity index (χ3v) is 7.31. The summed E-state index contributed by atoms with van der Waals surface area (Å²) in [5.41, 5.74) is 0.366. The summed E-state index contributed by atoms with van der Waals surface area (Å²) in [4.78, 5) is 38.7. The van der Waals surface area contributed by atoms with E-state index >= 15 is 0 Å². The van der Waals surface area contributed by atoms with Gasteiger partial charge >= 0.3 is 25.7 Å². The van der Waals surface area contributed by atoms with Crippen LogP contribution < -0.4 is 9.05 Å². The molecule has 0 N–H and O–H groups in total. The van der Waals surface area contributed by atoms with Gasteiger partial charge in [0.2, 0.25) is 6.10 Å². The third-order valence-electron chi connectivity index (χ3n) is 5.98. The van der Waals surface area contributed by atoms with Gasteiger partial charge in [-0.1, -0.05) is 72.8 Å². The molecule has 1 aliphatic rings. The Morgan fingerprint density at radius 2 is 1.07 bits per heavy atom. The van der Waals surface area contributed by atoms with Gasteiger partial charge in [-0.3, -0.25) is 4.52 Å². The first-order valence-electron chi connectivity index (χ1n) is 12.9. The van der Waals surface area contributed by atoms with Crippen LogP contribution in [0.5, 0.6) is 11.5 Å². The number of hydrogen-bond acceptors (Lipinski definition) is 10. The molecule has 0 radical (unpaired) electrons. The zero-order chi connectivity index (χ0) is 29.4. The number of para-hydroxylation sites is 2. The number of phosphoric ester groups is 1. The second-order valence-electron chi connectivity index (χ2n) is 8.95. The van der Waals surface area contributed by atoms with Crippen molar-refractivity contribution in [3.63, 3.8) is 0 Å². The molecule has 1 fully saturated rings. The van der Waals surface area contributed by atoms with Crippen LogP contribution in [0.4, 0.5) is 0 Å². The molecule has 11 heteroatoms. The lowest BCUT2D eigenvalue weighted by atomic mass is 10.1. The Labute approximate surface area is 241 Å². The van der Waals surface area contributed by atoms with Gasteiger partial charge in [-0.2, -0.15) is 0 Å². The molecule has 0 aromatic heterocycles. The van der Waals surface area contributed by atoms with Gasteiger partial charge in [0.1, 0.15) is 18.1 Å². The average molecular weight is 589 g/mol. The van der Waals surface area contributed by atoms with Gasteiger partial charge in [0.15, 0.2) is 12.2 Å². The minimum atomic E-state index is -4.39. The van der Waals surface area contributed by atoms with Crippen LogP contribution in [0.1, 0.15) is 20.7 Å². The second kappa shape index (κ2) is 13.2. The zero-order valence-electron chi connectivity index (χ0n) is 22.0. The standard InChI is InChI=1S/C31H25O10P/c32-29(22-13-5-1-6-14-22)38-27-26(37-31(34)28(27)39-30(33)23-15-7-2-8-16-23)21-36-42(35,40-24-17-9-3-10-18-24)41-25-19-11-4-12-20-25/h1-20,26-28H,21H2/t26-,27-,28-/m1/s1. The van der Waals surface area contributed by atoms with E-state index in [2.05, 4.69) is 0 Å². The van der Waals surface area contributed by atoms with E-state index in [1.54, 1.807) is 97.1 Å². The molecule has 0 bridgehead atoms. The maximum atomic E-state index is 13.8. The summed E-state index contributed by atoms with van der Waals surface area (Å²) < 4.78 is 47.1. The Morgan fingerprint density at radius 1 is 0.643 bits per heavy atom. The monoisotopic (exact) mass is 588 g/mol. The molecule has 4 aromatic carbocycles. The lowest BCUT2D eigenvalue weighted by Crippen LogP contribution is -2.41. The fourth-order valence-electron chi connectivity index (χ4n) is 3.97. The van der Waals surface area contributed by atoms with E-state index in [0.717, 1.165) is 0 Å². The molecule has 0 spiro atoms. The Bertz CT molecular complexity index is 1500. The van der Waals surface area contributed by atoms with Gasteiger partial charge in [0, 0.05) is 0 Å². The van der Waals surface area contributed by atoms with Crippen LogP contribution in [0.3, 0.4) is 0 Å². The molecule has 10 nitrogen and oxygen atoms in total. The van der Waals surface area contributed by atoms with Crippen molar-refractivity contribution in [3.05, 3.63) is 132 Å². The molecule has 1 saturated heterocycles. The number of phosphoric acid groups is 1. The first-order valence-corrected chi connectivity index (χ1v) is 14.3. The molecule has 0 aliphatic carbocycles. The predicted molar refractivity (Wildman–Crippen MR) is 149 cm³/mol. The summed E-state index contributed by atoms with van der Waals surface area (Å²) >= 11 is 0. The number of hydrogen-bond donors (Lipinski definition) is 0. The van der Waals surface area contributed by atoms with E-state index in [4.69, 9.17) is 27.8 Å². The summed E-state index contributed by atoms with van der Waals surface area (Å²) in [5, 5.41) is 0. The number of rotatable bonds is 11. The van der Waals surface area contributed by atoms with Gasteiger partial charge < -0.3 is 23.3 Å². The first-order chi connectivity index (χ1) is 20.4. The molecule has 1 heterocycles. The van der Waals surface area contributed by atoms with Crippen LogP contribution >= 0.6 is 7.82 Å². The van der Waals surface area contributed by atoms with Crippen molar-refractivity contribution >= 4 is 25.7 Å². The lowest BCUT2D eigenvalue weighted by molar-refractivity contribution is -0.148. The number of ether oxygens (including phenoxy) is 3. The smallest absolute Gasteiger partial charge is 0.453 e. The van der Waals surface area contributed by atoms with Crippen molar-refractivity contribution in [1.82, 2.24) is 0 Å². The molecule has 3 atom stereocenters. The van der Waals surface area contributed by atoms with Crippen LogP contribution in [0.15, 0.2) is 121 Å². The maximum absolute atomic E-state index is 13.8. The van der Waals surface area contributed by atoms with Crippen LogP contribution in [0.2, 0.25) is 0 Å². The maximum Gasteiger partial charge on any atom is 0.587 e. The highest BCUT2D eigenvalue weighted by molar-refractivity contribution is 7.49. The predicted octanol–water partition coefficient (Wildman–Crippen LogP) is 5.65. The molecular weight excluding hydrogens is 563 g/mol. The summed E-state index contributed by atoms with van der Waals surface area (Å²) in [5.74, 6) is -2.20. The van der Waals surface area contributed by atoms with Crippen molar-refractivity contribution < 1.29 is 46.7 Å². The fourth-order valence-corrected chi connectivity index (χ4v) is 5.21. The molecule has 42 heavy (non-hydrogen) atoms. The molecule has 1 aliphatic heterocycles. The summed E-state index contributed by atoms with van der Waals surface area (Å²) in [6, 6.07) is 32.4. The van der Waals surface area contributed by atoms with Gasteiger partial charge in [-0.15, -0.1) is 0 Å². The van der Waals surface area contributed by atoms with Crippen LogP contribution in [-0.2, 0) is 28.1 Å². The molecule has 0 saturated carbocycles. The third kappa shape index (κ3) is 7.23. The minimum Gasteiger partial charge on any atom is -0.453 e. The number of esters is 3. The van der Waals surface area contributed by atoms with Crippen molar-refractivity contribution in [2.45, 2.75) is 18.3 Å².